The molecule has 0 radical (unpaired) electrons. The van der Waals surface area contributed by atoms with Crippen LogP contribution in [0.3, 0.4) is 0 Å². The number of esters is 1. The fourth-order valence-electron chi connectivity index (χ4n) is 3.17. The highest BCUT2D eigenvalue weighted by Gasteiger charge is 2.24. The first-order valence-corrected chi connectivity index (χ1v) is 11.4. The third-order valence-electron chi connectivity index (χ3n) is 4.70. The summed E-state index contributed by atoms with van der Waals surface area (Å²) in [5, 5.41) is 0. The van der Waals surface area contributed by atoms with Gasteiger partial charge >= 0.3 is 5.97 Å². The van der Waals surface area contributed by atoms with Crippen molar-refractivity contribution in [1.29, 1.82) is 0 Å². The molecule has 0 bridgehead atoms. The van der Waals surface area contributed by atoms with Gasteiger partial charge in [-0.2, -0.15) is 0 Å². The first-order valence-electron chi connectivity index (χ1n) is 9.12. The van der Waals surface area contributed by atoms with Gasteiger partial charge in [0.2, 0.25) is 0 Å². The van der Waals surface area contributed by atoms with Gasteiger partial charge in [-0.1, -0.05) is 12.1 Å². The summed E-state index contributed by atoms with van der Waals surface area (Å²) in [5.41, 5.74) is 0.585. The number of para-hydroxylation sites is 1. The van der Waals surface area contributed by atoms with Crippen LogP contribution >= 0.6 is 15.9 Å². The summed E-state index contributed by atoms with van der Waals surface area (Å²) in [7, 11) is -2.81. The maximum atomic E-state index is 12.9. The quantitative estimate of drug-likeness (QED) is 0.659. The van der Waals surface area contributed by atoms with Gasteiger partial charge in [-0.15, -0.1) is 0 Å². The Bertz CT molecular complexity index is 1030. The largest absolute Gasteiger partial charge is 0.465 e. The van der Waals surface area contributed by atoms with Crippen LogP contribution in [0.15, 0.2) is 51.8 Å². The SMILES string of the molecule is COC(=O)c1cc(S(=O)(=O)Nc2ccccc2C(=O)N2CCCCC2)ccc1Br. The second kappa shape index (κ2) is 8.96. The van der Waals surface area contributed by atoms with Crippen molar-refractivity contribution in [1.82, 2.24) is 4.90 Å². The Morgan fingerprint density at radius 1 is 1.03 bits per heavy atom. The lowest BCUT2D eigenvalue weighted by molar-refractivity contribution is 0.0599. The molecule has 154 valence electrons. The van der Waals surface area contributed by atoms with Crippen LogP contribution in [0.25, 0.3) is 0 Å². The zero-order valence-corrected chi connectivity index (χ0v) is 18.3. The summed E-state index contributed by atoms with van der Waals surface area (Å²) in [6.45, 7) is 1.32. The van der Waals surface area contributed by atoms with Crippen LogP contribution in [-0.4, -0.2) is 45.4 Å². The monoisotopic (exact) mass is 480 g/mol. The lowest BCUT2D eigenvalue weighted by atomic mass is 10.1. The average Bonchev–Trinajstić information content (AvgIpc) is 2.73. The standard InChI is InChI=1S/C20H21BrN2O5S/c1-28-20(25)16-13-14(9-10-17(16)21)29(26,27)22-18-8-4-3-7-15(18)19(24)23-11-5-2-6-12-23/h3-4,7-10,13,22H,2,5-6,11-12H2,1H3. The Morgan fingerprint density at radius 3 is 2.41 bits per heavy atom. The smallest absolute Gasteiger partial charge is 0.339 e. The Labute approximate surface area is 178 Å². The number of anilines is 1. The van der Waals surface area contributed by atoms with Gasteiger partial charge in [0, 0.05) is 17.6 Å². The minimum atomic E-state index is -4.03. The highest BCUT2D eigenvalue weighted by Crippen LogP contribution is 2.26. The number of nitrogens with one attached hydrogen (secondary N) is 1. The van der Waals surface area contributed by atoms with Crippen molar-refractivity contribution in [2.75, 3.05) is 24.9 Å². The van der Waals surface area contributed by atoms with Crippen molar-refractivity contribution < 1.29 is 22.7 Å². The van der Waals surface area contributed by atoms with Gasteiger partial charge in [0.25, 0.3) is 15.9 Å². The van der Waals surface area contributed by atoms with Crippen LogP contribution in [0.2, 0.25) is 0 Å². The van der Waals surface area contributed by atoms with Crippen LogP contribution in [-0.2, 0) is 14.8 Å². The molecule has 0 unspecified atom stereocenters. The summed E-state index contributed by atoms with van der Waals surface area (Å²) in [4.78, 5) is 26.4. The second-order valence-corrected chi connectivity index (χ2v) is 9.17. The zero-order valence-electron chi connectivity index (χ0n) is 15.9. The number of piperidine rings is 1. The number of hydrogen-bond acceptors (Lipinski definition) is 5. The number of hydrogen-bond donors (Lipinski definition) is 1. The molecular formula is C20H21BrN2O5S. The van der Waals surface area contributed by atoms with Crippen molar-refractivity contribution in [2.24, 2.45) is 0 Å². The molecule has 1 saturated heterocycles. The Balaban J connectivity index is 1.92. The average molecular weight is 481 g/mol. The number of sulfonamides is 1. The topological polar surface area (TPSA) is 92.8 Å². The highest BCUT2D eigenvalue weighted by atomic mass is 79.9. The Kier molecular flexibility index (Phi) is 6.59. The lowest BCUT2D eigenvalue weighted by Crippen LogP contribution is -2.36. The second-order valence-electron chi connectivity index (χ2n) is 6.64. The van der Waals surface area contributed by atoms with Crippen LogP contribution in [0, 0.1) is 0 Å². The van der Waals surface area contributed by atoms with Crippen LogP contribution < -0.4 is 4.72 Å². The maximum Gasteiger partial charge on any atom is 0.339 e. The van der Waals surface area contributed by atoms with E-state index in [0.717, 1.165) is 19.3 Å². The maximum absolute atomic E-state index is 12.9. The van der Waals surface area contributed by atoms with E-state index in [-0.39, 0.29) is 22.1 Å². The summed E-state index contributed by atoms with van der Waals surface area (Å²) < 4.78 is 33.4. The van der Waals surface area contributed by atoms with Gasteiger partial charge in [0.1, 0.15) is 0 Å². The molecule has 2 aromatic rings. The molecule has 0 saturated carbocycles. The number of halogens is 1. The molecule has 2 aromatic carbocycles. The molecule has 0 spiro atoms. The van der Waals surface area contributed by atoms with E-state index in [1.165, 1.54) is 25.3 Å². The van der Waals surface area contributed by atoms with E-state index in [0.29, 0.717) is 23.1 Å². The van der Waals surface area contributed by atoms with E-state index < -0.39 is 16.0 Å². The molecule has 0 aromatic heterocycles. The molecule has 1 amide bonds. The van der Waals surface area contributed by atoms with E-state index in [1.54, 1.807) is 29.2 Å². The molecule has 7 nitrogen and oxygen atoms in total. The molecule has 29 heavy (non-hydrogen) atoms. The van der Waals surface area contributed by atoms with Gasteiger partial charge in [-0.05, 0) is 65.5 Å². The first-order chi connectivity index (χ1) is 13.8. The molecular weight excluding hydrogens is 460 g/mol. The molecule has 1 aliphatic heterocycles. The van der Waals surface area contributed by atoms with E-state index in [4.69, 9.17) is 0 Å². The van der Waals surface area contributed by atoms with Crippen LogP contribution in [0.1, 0.15) is 40.0 Å². The third kappa shape index (κ3) is 4.79. The van der Waals surface area contributed by atoms with Gasteiger partial charge in [0.05, 0.1) is 28.8 Å². The van der Waals surface area contributed by atoms with E-state index in [1.807, 2.05) is 0 Å². The van der Waals surface area contributed by atoms with Gasteiger partial charge in [0.15, 0.2) is 0 Å². The minimum absolute atomic E-state index is 0.0908. The van der Waals surface area contributed by atoms with Crippen molar-refractivity contribution in [3.05, 3.63) is 58.1 Å². The van der Waals surface area contributed by atoms with Crippen LogP contribution in [0.4, 0.5) is 5.69 Å². The number of carbonyl (C=O) groups is 2. The molecule has 0 aliphatic carbocycles. The molecule has 1 heterocycles. The predicted molar refractivity (Wildman–Crippen MR) is 112 cm³/mol. The number of amides is 1. The summed E-state index contributed by atoms with van der Waals surface area (Å²) in [6, 6.07) is 10.6. The highest BCUT2D eigenvalue weighted by molar-refractivity contribution is 9.10. The summed E-state index contributed by atoms with van der Waals surface area (Å²) in [6.07, 6.45) is 2.97. The van der Waals surface area contributed by atoms with E-state index in [2.05, 4.69) is 25.4 Å². The molecule has 1 fully saturated rings. The van der Waals surface area contributed by atoms with Crippen LogP contribution in [0.5, 0.6) is 0 Å². The summed E-state index contributed by atoms with van der Waals surface area (Å²) >= 11 is 3.21. The summed E-state index contributed by atoms with van der Waals surface area (Å²) in [5.74, 6) is -0.858. The normalized spacial score (nSPS) is 14.3. The number of carbonyl (C=O) groups excluding carboxylic acids is 2. The Hall–Kier alpha value is -2.39. The lowest BCUT2D eigenvalue weighted by Gasteiger charge is -2.27. The number of likely N-dealkylation sites (tertiary alicyclic amines) is 1. The van der Waals surface area contributed by atoms with Gasteiger partial charge in [-0.3, -0.25) is 9.52 Å². The van der Waals surface area contributed by atoms with Gasteiger partial charge in [-0.25, -0.2) is 13.2 Å². The number of nitrogens with zero attached hydrogens (tertiary/aromatic N) is 1. The fraction of sp³-hybridized carbons (Fsp3) is 0.300. The number of ether oxygens (including phenoxy) is 1. The first kappa shape index (κ1) is 21.3. The predicted octanol–water partition coefficient (Wildman–Crippen LogP) is 3.66. The van der Waals surface area contributed by atoms with Crippen molar-refractivity contribution >= 4 is 43.5 Å². The number of methoxy groups -OCH3 is 1. The zero-order chi connectivity index (χ0) is 21.0. The molecule has 0 atom stereocenters. The minimum Gasteiger partial charge on any atom is -0.465 e. The van der Waals surface area contributed by atoms with Gasteiger partial charge < -0.3 is 9.64 Å². The number of rotatable bonds is 5. The molecule has 3 rings (SSSR count). The van der Waals surface area contributed by atoms with Crippen molar-refractivity contribution in [3.63, 3.8) is 0 Å². The van der Waals surface area contributed by atoms with E-state index >= 15 is 0 Å². The Morgan fingerprint density at radius 2 is 1.72 bits per heavy atom. The molecule has 1 N–H and O–H groups in total. The number of benzene rings is 2. The fourth-order valence-corrected chi connectivity index (χ4v) is 4.68. The van der Waals surface area contributed by atoms with Crippen molar-refractivity contribution in [3.8, 4) is 0 Å². The third-order valence-corrected chi connectivity index (χ3v) is 6.75. The molecule has 9 heteroatoms. The molecule has 1 aliphatic rings. The van der Waals surface area contributed by atoms with Crippen molar-refractivity contribution in [2.45, 2.75) is 24.2 Å². The van der Waals surface area contributed by atoms with E-state index in [9.17, 15) is 18.0 Å².